The number of fused-ring (bicyclic) bond motifs is 1. The van der Waals surface area contributed by atoms with E-state index in [1.165, 1.54) is 6.34 Å². The molecule has 1 atom stereocenters. The van der Waals surface area contributed by atoms with Gasteiger partial charge in [-0.3, -0.25) is 0 Å². The van der Waals surface area contributed by atoms with Crippen molar-refractivity contribution < 1.29 is 0 Å². The van der Waals surface area contributed by atoms with Crippen LogP contribution in [0.25, 0.3) is 0 Å². The molecule has 2 rings (SSSR count). The lowest BCUT2D eigenvalue weighted by Gasteiger charge is -2.08. The molecule has 2 heterocycles. The number of thioether (sulfide) groups is 1. The van der Waals surface area contributed by atoms with Crippen molar-refractivity contribution in [2.45, 2.75) is 6.04 Å². The smallest absolute Gasteiger partial charge is 0.163 e. The molecule has 6 heteroatoms. The Hall–Kier alpha value is -0.750. The van der Waals surface area contributed by atoms with Gasteiger partial charge in [0.05, 0.1) is 0 Å². The van der Waals surface area contributed by atoms with Crippen molar-refractivity contribution in [3.05, 3.63) is 0 Å². The van der Waals surface area contributed by atoms with Gasteiger partial charge < -0.3 is 5.32 Å². The summed E-state index contributed by atoms with van der Waals surface area (Å²) in [6.45, 7) is 0. The zero-order chi connectivity index (χ0) is 8.55. The van der Waals surface area contributed by atoms with Crippen LogP contribution in [0, 0.1) is 0 Å². The molecule has 4 nitrogen and oxygen atoms in total. The zero-order valence-electron chi connectivity index (χ0n) is 6.31. The minimum absolute atomic E-state index is 0.146. The summed E-state index contributed by atoms with van der Waals surface area (Å²) in [4.78, 5) is 12.8. The summed E-state index contributed by atoms with van der Waals surface area (Å²) in [5.41, 5.74) is 0. The Bertz CT molecular complexity index is 318. The zero-order valence-corrected chi connectivity index (χ0v) is 7.95. The second-order valence-corrected chi connectivity index (χ2v) is 3.48. The van der Waals surface area contributed by atoms with Crippen LogP contribution in [-0.2, 0) is 0 Å². The number of nitrogens with one attached hydrogen (secondary N) is 1. The largest absolute Gasteiger partial charge is 0.321 e. The summed E-state index contributed by atoms with van der Waals surface area (Å²) in [5.74, 6) is 0.791. The number of thiocarbonyl (C=S) groups is 1. The fraction of sp³-hybridized carbons (Fsp3) is 0.333. The maximum Gasteiger partial charge on any atom is 0.163 e. The molecule has 2 aliphatic rings. The first-order valence-electron chi connectivity index (χ1n) is 3.34. The van der Waals surface area contributed by atoms with Gasteiger partial charge in [-0.25, -0.2) is 15.0 Å². The lowest BCUT2D eigenvalue weighted by atomic mass is 10.3. The lowest BCUT2D eigenvalue weighted by Crippen LogP contribution is -2.33. The van der Waals surface area contributed by atoms with E-state index in [4.69, 9.17) is 12.2 Å². The number of hydrogen-bond donors (Lipinski definition) is 1. The molecule has 0 aromatic heterocycles. The number of aliphatic imine (C=N–C) groups is 3. The van der Waals surface area contributed by atoms with Crippen molar-refractivity contribution in [2.75, 3.05) is 6.26 Å². The predicted molar refractivity (Wildman–Crippen MR) is 56.4 cm³/mol. The van der Waals surface area contributed by atoms with E-state index in [0.29, 0.717) is 4.99 Å². The predicted octanol–water partition coefficient (Wildman–Crippen LogP) is 0.445. The van der Waals surface area contributed by atoms with Crippen LogP contribution in [0.2, 0.25) is 0 Å². The molecule has 12 heavy (non-hydrogen) atoms. The van der Waals surface area contributed by atoms with Crippen LogP contribution in [0.4, 0.5) is 0 Å². The number of amidine groups is 2. The van der Waals surface area contributed by atoms with Gasteiger partial charge in [-0.2, -0.15) is 0 Å². The summed E-state index contributed by atoms with van der Waals surface area (Å²) in [5, 5.41) is 3.91. The molecule has 0 bridgehead atoms. The third kappa shape index (κ3) is 1.16. The average Bonchev–Trinajstić information content (AvgIpc) is 2.49. The Morgan fingerprint density at radius 2 is 2.50 bits per heavy atom. The molecule has 0 aliphatic carbocycles. The molecule has 0 radical (unpaired) electrons. The van der Waals surface area contributed by atoms with Gasteiger partial charge in [0, 0.05) is 0 Å². The summed E-state index contributed by atoms with van der Waals surface area (Å²) >= 11 is 6.55. The van der Waals surface area contributed by atoms with E-state index in [2.05, 4.69) is 20.3 Å². The first kappa shape index (κ1) is 7.88. The second-order valence-electron chi connectivity index (χ2n) is 2.26. The van der Waals surface area contributed by atoms with Crippen LogP contribution in [0.1, 0.15) is 0 Å². The van der Waals surface area contributed by atoms with Gasteiger partial charge in [0.15, 0.2) is 11.2 Å². The van der Waals surface area contributed by atoms with E-state index in [-0.39, 0.29) is 6.04 Å². The van der Waals surface area contributed by atoms with Gasteiger partial charge in [-0.15, -0.1) is 0 Å². The Kier molecular flexibility index (Phi) is 1.93. The van der Waals surface area contributed by atoms with E-state index in [1.54, 1.807) is 11.8 Å². The van der Waals surface area contributed by atoms with Crippen LogP contribution in [-0.4, -0.2) is 34.6 Å². The molecule has 1 N–H and O–H groups in total. The molecule has 0 fully saturated rings. The van der Waals surface area contributed by atoms with Gasteiger partial charge in [0.2, 0.25) is 0 Å². The fourth-order valence-corrected chi connectivity index (χ4v) is 1.61. The van der Waals surface area contributed by atoms with Crippen LogP contribution < -0.4 is 5.32 Å². The monoisotopic (exact) mass is 198 g/mol. The molecule has 2 aliphatic heterocycles. The Morgan fingerprint density at radius 1 is 1.67 bits per heavy atom. The topological polar surface area (TPSA) is 49.1 Å². The first-order valence-corrected chi connectivity index (χ1v) is 4.97. The molecule has 1 unspecified atom stereocenters. The summed E-state index contributed by atoms with van der Waals surface area (Å²) in [6.07, 6.45) is 3.41. The third-order valence-corrected chi connectivity index (χ3v) is 2.47. The van der Waals surface area contributed by atoms with Gasteiger partial charge >= 0.3 is 0 Å². The van der Waals surface area contributed by atoms with E-state index in [0.717, 1.165) is 11.0 Å². The van der Waals surface area contributed by atoms with Crippen LogP contribution in [0.15, 0.2) is 15.0 Å². The van der Waals surface area contributed by atoms with E-state index < -0.39 is 0 Å². The highest BCUT2D eigenvalue weighted by atomic mass is 32.2. The van der Waals surface area contributed by atoms with Gasteiger partial charge in [-0.1, -0.05) is 24.0 Å². The SMILES string of the molecule is CSC1=NC2C(=S)N=CN=C2N1. The van der Waals surface area contributed by atoms with E-state index in [1.807, 2.05) is 6.26 Å². The van der Waals surface area contributed by atoms with Crippen molar-refractivity contribution >= 4 is 46.3 Å². The Labute approximate surface area is 79.3 Å². The molecule has 62 valence electrons. The number of rotatable bonds is 0. The normalized spacial score (nSPS) is 26.1. The van der Waals surface area contributed by atoms with Gasteiger partial charge in [0.25, 0.3) is 0 Å². The molecular weight excluding hydrogens is 192 g/mol. The van der Waals surface area contributed by atoms with Crippen molar-refractivity contribution in [2.24, 2.45) is 15.0 Å². The third-order valence-electron chi connectivity index (χ3n) is 1.55. The van der Waals surface area contributed by atoms with Crippen molar-refractivity contribution in [3.8, 4) is 0 Å². The van der Waals surface area contributed by atoms with Crippen molar-refractivity contribution in [1.82, 2.24) is 5.32 Å². The molecule has 0 saturated carbocycles. The minimum Gasteiger partial charge on any atom is -0.321 e. The molecule has 0 aromatic rings. The minimum atomic E-state index is -0.146. The maximum atomic E-state index is 5.01. The Balaban J connectivity index is 2.30. The highest BCUT2D eigenvalue weighted by Crippen LogP contribution is 2.12. The summed E-state index contributed by atoms with van der Waals surface area (Å²) in [6, 6.07) is -0.146. The fourth-order valence-electron chi connectivity index (χ4n) is 0.986. The highest BCUT2D eigenvalue weighted by Gasteiger charge is 2.28. The van der Waals surface area contributed by atoms with Gasteiger partial charge in [-0.05, 0) is 6.26 Å². The molecule has 0 saturated heterocycles. The maximum absolute atomic E-state index is 5.01. The van der Waals surface area contributed by atoms with Crippen LogP contribution >= 0.6 is 24.0 Å². The van der Waals surface area contributed by atoms with E-state index in [9.17, 15) is 0 Å². The molecule has 0 aromatic carbocycles. The second kappa shape index (κ2) is 2.95. The number of nitrogens with zero attached hydrogens (tertiary/aromatic N) is 3. The van der Waals surface area contributed by atoms with E-state index >= 15 is 0 Å². The van der Waals surface area contributed by atoms with Crippen LogP contribution in [0.5, 0.6) is 0 Å². The molecular formula is C6H6N4S2. The average molecular weight is 198 g/mol. The molecule has 0 amide bonds. The van der Waals surface area contributed by atoms with Gasteiger partial charge in [0.1, 0.15) is 17.2 Å². The number of hydrogen-bond acceptors (Lipinski definition) is 5. The first-order chi connectivity index (χ1) is 5.81. The van der Waals surface area contributed by atoms with Crippen LogP contribution in [0.3, 0.4) is 0 Å². The van der Waals surface area contributed by atoms with Crippen molar-refractivity contribution in [1.29, 1.82) is 0 Å². The standard InChI is InChI=1S/C6H6N4S2/c1-12-6-9-3-4(10-6)7-2-8-5(3)11/h2-3H,1H3,(H,7,8,9,10,11). The summed E-state index contributed by atoms with van der Waals surface area (Å²) in [7, 11) is 0. The quantitative estimate of drug-likeness (QED) is 0.575. The lowest BCUT2D eigenvalue weighted by molar-refractivity contribution is 1.15. The summed E-state index contributed by atoms with van der Waals surface area (Å²) < 4.78 is 0. The Morgan fingerprint density at radius 3 is 3.17 bits per heavy atom. The molecule has 0 spiro atoms. The highest BCUT2D eigenvalue weighted by molar-refractivity contribution is 8.13. The van der Waals surface area contributed by atoms with Crippen molar-refractivity contribution in [3.63, 3.8) is 0 Å².